The lowest BCUT2D eigenvalue weighted by atomic mass is 9.93. The molecular weight excluding hydrogens is 376 g/mol. The molecule has 0 saturated heterocycles. The highest BCUT2D eigenvalue weighted by Crippen LogP contribution is 2.30. The van der Waals surface area contributed by atoms with Gasteiger partial charge in [0.2, 0.25) is 5.91 Å². The average molecular weight is 401 g/mol. The third-order valence-corrected chi connectivity index (χ3v) is 7.14. The van der Waals surface area contributed by atoms with Gasteiger partial charge in [0.25, 0.3) is 0 Å². The van der Waals surface area contributed by atoms with Crippen molar-refractivity contribution < 1.29 is 17.7 Å². The molecule has 148 valence electrons. The molecule has 0 fully saturated rings. The van der Waals surface area contributed by atoms with Crippen LogP contribution in [0.3, 0.4) is 0 Å². The molecule has 0 radical (unpaired) electrons. The number of hydrogen-bond donors (Lipinski definition) is 1. The lowest BCUT2D eigenvalue weighted by molar-refractivity contribution is -0.117. The highest BCUT2D eigenvalue weighted by molar-refractivity contribution is 7.93. The van der Waals surface area contributed by atoms with Crippen molar-refractivity contribution in [2.24, 2.45) is 0 Å². The van der Waals surface area contributed by atoms with Crippen LogP contribution in [0.2, 0.25) is 0 Å². The number of aromatic nitrogens is 1. The van der Waals surface area contributed by atoms with Crippen molar-refractivity contribution in [3.8, 4) is 0 Å². The number of hydrogen-bond acceptors (Lipinski definition) is 5. The fraction of sp³-hybridized carbons (Fsp3) is 0.333. The van der Waals surface area contributed by atoms with E-state index in [0.717, 1.165) is 10.8 Å². The highest BCUT2D eigenvalue weighted by atomic mass is 32.2. The van der Waals surface area contributed by atoms with Crippen molar-refractivity contribution in [2.45, 2.75) is 49.7 Å². The number of nitrogens with one attached hydrogen (secondary N) is 1. The molecule has 0 saturated carbocycles. The second kappa shape index (κ2) is 6.74. The Morgan fingerprint density at radius 3 is 2.21 bits per heavy atom. The largest absolute Gasteiger partial charge is 0.359 e. The molecule has 1 amide bonds. The van der Waals surface area contributed by atoms with E-state index in [-0.39, 0.29) is 16.1 Å². The van der Waals surface area contributed by atoms with Gasteiger partial charge in [-0.2, -0.15) is 0 Å². The fourth-order valence-corrected chi connectivity index (χ4v) is 4.12. The first-order chi connectivity index (χ1) is 12.9. The van der Waals surface area contributed by atoms with E-state index in [1.807, 2.05) is 45.0 Å². The van der Waals surface area contributed by atoms with Gasteiger partial charge >= 0.3 is 0 Å². The quantitative estimate of drug-likeness (QED) is 0.705. The Balaban J connectivity index is 1.90. The summed E-state index contributed by atoms with van der Waals surface area (Å²) in [6, 6.07) is 13.9. The van der Waals surface area contributed by atoms with Gasteiger partial charge in [0.15, 0.2) is 15.7 Å². The molecule has 1 heterocycles. The molecule has 0 aliphatic rings. The smallest absolute Gasteiger partial charge is 0.246 e. The first-order valence-corrected chi connectivity index (χ1v) is 10.4. The van der Waals surface area contributed by atoms with Crippen LogP contribution in [0.4, 0.5) is 5.82 Å². The third kappa shape index (κ3) is 3.54. The summed E-state index contributed by atoms with van der Waals surface area (Å²) in [6.07, 6.45) is 0. The first kappa shape index (κ1) is 20.1. The number of anilines is 1. The number of nitrogens with zero attached hydrogens (tertiary/aromatic N) is 1. The Morgan fingerprint density at radius 2 is 1.61 bits per heavy atom. The number of rotatable bonds is 4. The minimum atomic E-state index is -3.94. The van der Waals surface area contributed by atoms with E-state index in [9.17, 15) is 13.2 Å². The summed E-state index contributed by atoms with van der Waals surface area (Å²) in [5, 5.41) is 8.12. The summed E-state index contributed by atoms with van der Waals surface area (Å²) in [5.41, 5.74) is -0.275. The lowest BCUT2D eigenvalue weighted by Gasteiger charge is -2.23. The van der Waals surface area contributed by atoms with Crippen LogP contribution in [0.1, 0.15) is 40.4 Å². The number of carbonyl (C=O) groups excluding carboxylic acids is 1. The number of fused-ring (bicyclic) bond motifs is 1. The topological polar surface area (TPSA) is 89.3 Å². The first-order valence-electron chi connectivity index (χ1n) is 8.95. The van der Waals surface area contributed by atoms with Crippen LogP contribution < -0.4 is 5.32 Å². The van der Waals surface area contributed by atoms with E-state index >= 15 is 0 Å². The summed E-state index contributed by atoms with van der Waals surface area (Å²) >= 11 is 0. The van der Waals surface area contributed by atoms with Crippen LogP contribution in [0.5, 0.6) is 0 Å². The Labute approximate surface area is 164 Å². The molecule has 0 unspecified atom stereocenters. The van der Waals surface area contributed by atoms with Gasteiger partial charge in [-0.15, -0.1) is 0 Å². The summed E-state index contributed by atoms with van der Waals surface area (Å²) in [4.78, 5) is 12.9. The molecule has 3 rings (SSSR count). The van der Waals surface area contributed by atoms with E-state index in [1.54, 1.807) is 18.2 Å². The number of amides is 1. The third-order valence-electron chi connectivity index (χ3n) is 4.74. The zero-order valence-electron chi connectivity index (χ0n) is 16.6. The Morgan fingerprint density at radius 1 is 0.964 bits per heavy atom. The molecule has 0 bridgehead atoms. The molecule has 0 spiro atoms. The van der Waals surface area contributed by atoms with Crippen molar-refractivity contribution in [3.05, 3.63) is 54.3 Å². The van der Waals surface area contributed by atoms with Crippen molar-refractivity contribution in [1.82, 2.24) is 5.16 Å². The maximum Gasteiger partial charge on any atom is 0.246 e. The number of sulfone groups is 1. The van der Waals surface area contributed by atoms with E-state index in [1.165, 1.54) is 19.9 Å². The van der Waals surface area contributed by atoms with Gasteiger partial charge in [-0.1, -0.05) is 56.3 Å². The van der Waals surface area contributed by atoms with Gasteiger partial charge < -0.3 is 9.84 Å². The summed E-state index contributed by atoms with van der Waals surface area (Å²) < 4.78 is 29.9. The fourth-order valence-electron chi connectivity index (χ4n) is 2.71. The van der Waals surface area contributed by atoms with E-state index in [2.05, 4.69) is 10.5 Å². The molecule has 7 heteroatoms. The molecule has 1 aromatic heterocycles. The van der Waals surface area contributed by atoms with Crippen LogP contribution in [-0.2, 0) is 20.0 Å². The van der Waals surface area contributed by atoms with Crippen LogP contribution in [0.25, 0.3) is 10.8 Å². The monoisotopic (exact) mass is 400 g/mol. The molecule has 28 heavy (non-hydrogen) atoms. The summed E-state index contributed by atoms with van der Waals surface area (Å²) in [7, 11) is -3.94. The van der Waals surface area contributed by atoms with Gasteiger partial charge in [-0.25, -0.2) is 8.42 Å². The SMILES string of the molecule is CC(C)(C)c1cc(NC(=O)C(C)(C)S(=O)(=O)c2ccc3ccccc3c2)no1. The number of carbonyl (C=O) groups is 1. The zero-order chi connectivity index (χ0) is 20.7. The predicted molar refractivity (Wildman–Crippen MR) is 109 cm³/mol. The van der Waals surface area contributed by atoms with E-state index in [0.29, 0.717) is 5.76 Å². The molecule has 0 aliphatic heterocycles. The summed E-state index contributed by atoms with van der Waals surface area (Å²) in [5.74, 6) is 0.115. The Bertz CT molecular complexity index is 1140. The molecular formula is C21H24N2O4S. The standard InChI is InChI=1S/C21H24N2O4S/c1-20(2,3)17-13-18(23-27-17)22-19(24)21(4,5)28(25,26)16-11-10-14-8-6-7-9-15(14)12-16/h6-13H,1-5H3,(H,22,23,24). The van der Waals surface area contributed by atoms with Crippen LogP contribution >= 0.6 is 0 Å². The van der Waals surface area contributed by atoms with E-state index < -0.39 is 20.5 Å². The minimum Gasteiger partial charge on any atom is -0.359 e. The van der Waals surface area contributed by atoms with Crippen molar-refractivity contribution in [3.63, 3.8) is 0 Å². The minimum absolute atomic E-state index is 0.0990. The molecule has 0 aliphatic carbocycles. The normalized spacial score (nSPS) is 12.9. The van der Waals surface area contributed by atoms with Crippen molar-refractivity contribution >= 4 is 32.3 Å². The van der Waals surface area contributed by atoms with E-state index in [4.69, 9.17) is 4.52 Å². The molecule has 0 atom stereocenters. The molecule has 3 aromatic rings. The van der Waals surface area contributed by atoms with Gasteiger partial charge in [0.1, 0.15) is 10.5 Å². The van der Waals surface area contributed by atoms with Crippen molar-refractivity contribution in [2.75, 3.05) is 5.32 Å². The van der Waals surface area contributed by atoms with Gasteiger partial charge in [-0.05, 0) is 36.8 Å². The molecule has 1 N–H and O–H groups in total. The second-order valence-electron chi connectivity index (χ2n) is 8.30. The summed E-state index contributed by atoms with van der Waals surface area (Å²) in [6.45, 7) is 8.63. The molecule has 2 aromatic carbocycles. The average Bonchev–Trinajstić information content (AvgIpc) is 3.10. The maximum atomic E-state index is 13.2. The van der Waals surface area contributed by atoms with Gasteiger partial charge in [0.05, 0.1) is 4.90 Å². The maximum absolute atomic E-state index is 13.2. The highest BCUT2D eigenvalue weighted by Gasteiger charge is 2.43. The van der Waals surface area contributed by atoms with Crippen molar-refractivity contribution in [1.29, 1.82) is 0 Å². The number of benzene rings is 2. The second-order valence-corrected chi connectivity index (χ2v) is 10.8. The Kier molecular flexibility index (Phi) is 4.83. The lowest BCUT2D eigenvalue weighted by Crippen LogP contribution is -2.44. The van der Waals surface area contributed by atoms with Crippen LogP contribution in [0, 0.1) is 0 Å². The zero-order valence-corrected chi connectivity index (χ0v) is 17.4. The van der Waals surface area contributed by atoms with Gasteiger partial charge in [0, 0.05) is 11.5 Å². The van der Waals surface area contributed by atoms with Crippen LogP contribution in [0.15, 0.2) is 57.9 Å². The van der Waals surface area contributed by atoms with Gasteiger partial charge in [-0.3, -0.25) is 4.79 Å². The Hall–Kier alpha value is -2.67. The predicted octanol–water partition coefficient (Wildman–Crippen LogP) is 4.32. The molecule has 6 nitrogen and oxygen atoms in total. The van der Waals surface area contributed by atoms with Crippen LogP contribution in [-0.4, -0.2) is 24.2 Å².